The van der Waals surface area contributed by atoms with Crippen LogP contribution in [0.2, 0.25) is 0 Å². The van der Waals surface area contributed by atoms with Gasteiger partial charge in [0.2, 0.25) is 0 Å². The highest BCUT2D eigenvalue weighted by molar-refractivity contribution is 5.32. The highest BCUT2D eigenvalue weighted by Gasteiger charge is 2.50. The molecule has 18 heavy (non-hydrogen) atoms. The Kier molecular flexibility index (Phi) is 3.16. The van der Waals surface area contributed by atoms with Crippen molar-refractivity contribution in [2.75, 3.05) is 0 Å². The van der Waals surface area contributed by atoms with Gasteiger partial charge in [0.25, 0.3) is 0 Å². The Morgan fingerprint density at radius 2 is 2.00 bits per heavy atom. The lowest BCUT2D eigenvalue weighted by Crippen LogP contribution is -2.40. The summed E-state index contributed by atoms with van der Waals surface area (Å²) >= 11 is 0. The second-order valence-corrected chi connectivity index (χ2v) is 5.44. The number of nitriles is 1. The third kappa shape index (κ3) is 1.81. The smallest absolute Gasteiger partial charge is 0.126 e. The van der Waals surface area contributed by atoms with Crippen molar-refractivity contribution < 1.29 is 9.50 Å². The Morgan fingerprint density at radius 1 is 1.39 bits per heavy atom. The second kappa shape index (κ2) is 4.37. The van der Waals surface area contributed by atoms with Crippen LogP contribution in [0.1, 0.15) is 43.7 Å². The lowest BCUT2D eigenvalue weighted by molar-refractivity contribution is -0.0424. The molecule has 0 heterocycles. The van der Waals surface area contributed by atoms with Gasteiger partial charge < -0.3 is 5.11 Å². The first-order valence-corrected chi connectivity index (χ1v) is 6.33. The highest BCUT2D eigenvalue weighted by atomic mass is 19.1. The van der Waals surface area contributed by atoms with Crippen molar-refractivity contribution in [3.8, 4) is 6.07 Å². The molecule has 0 saturated heterocycles. The number of hydrogen-bond donors (Lipinski definition) is 1. The van der Waals surface area contributed by atoms with Crippen LogP contribution in [0.15, 0.2) is 18.2 Å². The van der Waals surface area contributed by atoms with Gasteiger partial charge in [-0.05, 0) is 43.9 Å². The largest absolute Gasteiger partial charge is 0.384 e. The minimum Gasteiger partial charge on any atom is -0.384 e. The molecule has 96 valence electrons. The van der Waals surface area contributed by atoms with E-state index in [1.165, 1.54) is 6.07 Å². The Bertz CT molecular complexity index is 496. The van der Waals surface area contributed by atoms with Gasteiger partial charge in [0, 0.05) is 0 Å². The van der Waals surface area contributed by atoms with Crippen molar-refractivity contribution in [2.45, 2.75) is 45.1 Å². The maximum Gasteiger partial charge on any atom is 0.126 e. The van der Waals surface area contributed by atoms with E-state index in [9.17, 15) is 14.8 Å². The number of benzene rings is 1. The lowest BCUT2D eigenvalue weighted by atomic mass is 9.69. The summed E-state index contributed by atoms with van der Waals surface area (Å²) in [7, 11) is 0. The van der Waals surface area contributed by atoms with Crippen LogP contribution in [0.25, 0.3) is 0 Å². The quantitative estimate of drug-likeness (QED) is 0.870. The van der Waals surface area contributed by atoms with E-state index in [1.54, 1.807) is 26.0 Å². The number of halogens is 1. The number of rotatable bonds is 2. The molecule has 1 aliphatic carbocycles. The van der Waals surface area contributed by atoms with Crippen molar-refractivity contribution in [2.24, 2.45) is 5.41 Å². The standard InChI is InChI=1S/C15H18FNO/c1-11-5-6-12(9-13(11)16)14(2,18)15(10-17)7-3-4-8-15/h5-6,9,18H,3-4,7-8H2,1-2H3. The van der Waals surface area contributed by atoms with E-state index in [4.69, 9.17) is 0 Å². The molecule has 1 unspecified atom stereocenters. The molecule has 0 radical (unpaired) electrons. The molecular formula is C15H18FNO. The fraction of sp³-hybridized carbons (Fsp3) is 0.533. The highest BCUT2D eigenvalue weighted by Crippen LogP contribution is 2.50. The van der Waals surface area contributed by atoms with E-state index in [2.05, 4.69) is 6.07 Å². The van der Waals surface area contributed by atoms with Gasteiger partial charge in [-0.25, -0.2) is 4.39 Å². The summed E-state index contributed by atoms with van der Waals surface area (Å²) in [6, 6.07) is 7.00. The van der Waals surface area contributed by atoms with Crippen LogP contribution in [0.4, 0.5) is 4.39 Å². The Balaban J connectivity index is 2.47. The molecule has 1 fully saturated rings. The van der Waals surface area contributed by atoms with E-state index in [0.29, 0.717) is 24.0 Å². The first-order valence-electron chi connectivity index (χ1n) is 6.33. The average Bonchev–Trinajstić information content (AvgIpc) is 2.82. The molecule has 2 nitrogen and oxygen atoms in total. The number of aryl methyl sites for hydroxylation is 1. The molecule has 0 aliphatic heterocycles. The molecule has 2 rings (SSSR count). The molecule has 0 spiro atoms. The van der Waals surface area contributed by atoms with Crippen molar-refractivity contribution in [3.05, 3.63) is 35.1 Å². The molecule has 1 aromatic rings. The zero-order valence-corrected chi connectivity index (χ0v) is 10.8. The van der Waals surface area contributed by atoms with Crippen LogP contribution >= 0.6 is 0 Å². The third-order valence-corrected chi connectivity index (χ3v) is 4.34. The molecule has 1 saturated carbocycles. The van der Waals surface area contributed by atoms with Crippen molar-refractivity contribution in [1.29, 1.82) is 5.26 Å². The van der Waals surface area contributed by atoms with Crippen molar-refractivity contribution >= 4 is 0 Å². The van der Waals surface area contributed by atoms with Gasteiger partial charge in [-0.3, -0.25) is 0 Å². The van der Waals surface area contributed by atoms with Crippen LogP contribution in [0.5, 0.6) is 0 Å². The van der Waals surface area contributed by atoms with E-state index in [1.807, 2.05) is 0 Å². The molecule has 0 amide bonds. The Labute approximate surface area is 107 Å². The Hall–Kier alpha value is -1.40. The molecule has 1 aromatic carbocycles. The SMILES string of the molecule is Cc1ccc(C(C)(O)C2(C#N)CCCC2)cc1F. The molecular weight excluding hydrogens is 229 g/mol. The summed E-state index contributed by atoms with van der Waals surface area (Å²) in [5.41, 5.74) is -1.04. The molecule has 1 aliphatic rings. The predicted molar refractivity (Wildman–Crippen MR) is 67.2 cm³/mol. The summed E-state index contributed by atoms with van der Waals surface area (Å²) < 4.78 is 13.6. The summed E-state index contributed by atoms with van der Waals surface area (Å²) in [6.07, 6.45) is 3.23. The molecule has 0 aromatic heterocycles. The van der Waals surface area contributed by atoms with Crippen LogP contribution in [-0.4, -0.2) is 5.11 Å². The minimum atomic E-state index is -1.30. The van der Waals surface area contributed by atoms with E-state index in [-0.39, 0.29) is 5.82 Å². The van der Waals surface area contributed by atoms with Crippen LogP contribution in [-0.2, 0) is 5.60 Å². The van der Waals surface area contributed by atoms with E-state index < -0.39 is 11.0 Å². The Morgan fingerprint density at radius 3 is 2.50 bits per heavy atom. The number of hydrogen-bond acceptors (Lipinski definition) is 2. The van der Waals surface area contributed by atoms with Crippen LogP contribution < -0.4 is 0 Å². The van der Waals surface area contributed by atoms with Gasteiger partial charge in [-0.1, -0.05) is 25.0 Å². The van der Waals surface area contributed by atoms with Gasteiger partial charge in [0.1, 0.15) is 11.4 Å². The van der Waals surface area contributed by atoms with Gasteiger partial charge >= 0.3 is 0 Å². The van der Waals surface area contributed by atoms with Gasteiger partial charge in [0.15, 0.2) is 0 Å². The number of nitrogens with zero attached hydrogens (tertiary/aromatic N) is 1. The summed E-state index contributed by atoms with van der Waals surface area (Å²) in [5, 5.41) is 20.2. The summed E-state index contributed by atoms with van der Waals surface area (Å²) in [4.78, 5) is 0. The minimum absolute atomic E-state index is 0.334. The maximum atomic E-state index is 13.6. The van der Waals surface area contributed by atoms with Crippen LogP contribution in [0.3, 0.4) is 0 Å². The van der Waals surface area contributed by atoms with E-state index >= 15 is 0 Å². The van der Waals surface area contributed by atoms with Gasteiger partial charge in [0.05, 0.1) is 11.5 Å². The number of aliphatic hydroxyl groups is 1. The normalized spacial score (nSPS) is 21.3. The predicted octanol–water partition coefficient (Wildman–Crippen LogP) is 3.43. The van der Waals surface area contributed by atoms with Crippen LogP contribution in [0, 0.1) is 29.5 Å². The summed E-state index contributed by atoms with van der Waals surface area (Å²) in [6.45, 7) is 3.31. The molecule has 0 bridgehead atoms. The van der Waals surface area contributed by atoms with Crippen molar-refractivity contribution in [3.63, 3.8) is 0 Å². The van der Waals surface area contributed by atoms with Gasteiger partial charge in [-0.15, -0.1) is 0 Å². The lowest BCUT2D eigenvalue weighted by Gasteiger charge is -2.37. The first kappa shape index (κ1) is 13.0. The zero-order chi connectivity index (χ0) is 13.4. The zero-order valence-electron chi connectivity index (χ0n) is 10.8. The fourth-order valence-electron chi connectivity index (χ4n) is 2.86. The monoisotopic (exact) mass is 247 g/mol. The second-order valence-electron chi connectivity index (χ2n) is 5.44. The molecule has 1 atom stereocenters. The maximum absolute atomic E-state index is 13.6. The fourth-order valence-corrected chi connectivity index (χ4v) is 2.86. The first-order chi connectivity index (χ1) is 8.43. The molecule has 3 heteroatoms. The topological polar surface area (TPSA) is 44.0 Å². The molecule has 1 N–H and O–H groups in total. The van der Waals surface area contributed by atoms with Crippen molar-refractivity contribution in [1.82, 2.24) is 0 Å². The van der Waals surface area contributed by atoms with E-state index in [0.717, 1.165) is 12.8 Å². The van der Waals surface area contributed by atoms with Gasteiger partial charge in [-0.2, -0.15) is 5.26 Å². The summed E-state index contributed by atoms with van der Waals surface area (Å²) in [5.74, 6) is -0.334. The third-order valence-electron chi connectivity index (χ3n) is 4.34. The average molecular weight is 247 g/mol.